The molecule has 2 saturated carbocycles. The van der Waals surface area contributed by atoms with E-state index in [0.717, 1.165) is 25.7 Å². The van der Waals surface area contributed by atoms with Crippen molar-refractivity contribution in [2.75, 3.05) is 13.1 Å². The molecule has 2 rings (SSSR count). The van der Waals surface area contributed by atoms with Gasteiger partial charge in [-0.25, -0.2) is 0 Å². The Balaban J connectivity index is 1.76. The average Bonchev–Trinajstić information content (AvgIpc) is 2.60. The molecule has 2 aliphatic carbocycles. The van der Waals surface area contributed by atoms with E-state index in [-0.39, 0.29) is 17.7 Å². The standard InChI is InChI=1S/C16H28N2O2/c1-13(19)18(15-9-4-2-3-5-10-15)12-11-17-16(20)14-7-6-8-14/h14-15H,2-12H2,1H3,(H,17,20). The monoisotopic (exact) mass is 280 g/mol. The van der Waals surface area contributed by atoms with Crippen molar-refractivity contribution in [2.24, 2.45) is 5.92 Å². The lowest BCUT2D eigenvalue weighted by molar-refractivity contribution is -0.132. The lowest BCUT2D eigenvalue weighted by Gasteiger charge is -2.31. The fraction of sp³-hybridized carbons (Fsp3) is 0.875. The van der Waals surface area contributed by atoms with Crippen LogP contribution in [0.15, 0.2) is 0 Å². The van der Waals surface area contributed by atoms with Crippen LogP contribution in [0.25, 0.3) is 0 Å². The molecule has 2 amide bonds. The number of hydrogen-bond donors (Lipinski definition) is 1. The Bertz CT molecular complexity index is 331. The number of nitrogens with one attached hydrogen (secondary N) is 1. The molecule has 20 heavy (non-hydrogen) atoms. The third-order valence-corrected chi connectivity index (χ3v) is 4.80. The van der Waals surface area contributed by atoms with Gasteiger partial charge in [0.15, 0.2) is 0 Å². The Morgan fingerprint density at radius 1 is 1.00 bits per heavy atom. The lowest BCUT2D eigenvalue weighted by Crippen LogP contribution is -2.45. The van der Waals surface area contributed by atoms with Gasteiger partial charge in [-0.15, -0.1) is 0 Å². The molecule has 0 spiro atoms. The lowest BCUT2D eigenvalue weighted by atomic mass is 9.85. The number of carbonyl (C=O) groups excluding carboxylic acids is 2. The van der Waals surface area contributed by atoms with Gasteiger partial charge in [0.25, 0.3) is 0 Å². The second kappa shape index (κ2) is 7.65. The van der Waals surface area contributed by atoms with Gasteiger partial charge in [0.05, 0.1) is 0 Å². The number of hydrogen-bond acceptors (Lipinski definition) is 2. The van der Waals surface area contributed by atoms with Crippen LogP contribution in [0, 0.1) is 5.92 Å². The van der Waals surface area contributed by atoms with Crippen LogP contribution in [0.5, 0.6) is 0 Å². The van der Waals surface area contributed by atoms with E-state index in [0.29, 0.717) is 19.1 Å². The summed E-state index contributed by atoms with van der Waals surface area (Å²) in [6.45, 7) is 2.92. The smallest absolute Gasteiger partial charge is 0.223 e. The van der Waals surface area contributed by atoms with Crippen molar-refractivity contribution in [3.05, 3.63) is 0 Å². The highest BCUT2D eigenvalue weighted by Gasteiger charge is 2.26. The highest BCUT2D eigenvalue weighted by Crippen LogP contribution is 2.26. The first-order valence-electron chi connectivity index (χ1n) is 8.23. The van der Waals surface area contributed by atoms with Crippen molar-refractivity contribution in [3.8, 4) is 0 Å². The minimum absolute atomic E-state index is 0.148. The molecule has 0 bridgehead atoms. The van der Waals surface area contributed by atoms with Crippen LogP contribution in [0.3, 0.4) is 0 Å². The van der Waals surface area contributed by atoms with Gasteiger partial charge in [-0.2, -0.15) is 0 Å². The van der Waals surface area contributed by atoms with Crippen LogP contribution < -0.4 is 5.32 Å². The molecule has 0 aliphatic heterocycles. The van der Waals surface area contributed by atoms with Crippen molar-refractivity contribution >= 4 is 11.8 Å². The van der Waals surface area contributed by atoms with Crippen LogP contribution in [-0.2, 0) is 9.59 Å². The zero-order valence-corrected chi connectivity index (χ0v) is 12.7. The van der Waals surface area contributed by atoms with Crippen molar-refractivity contribution < 1.29 is 9.59 Å². The highest BCUT2D eigenvalue weighted by atomic mass is 16.2. The SMILES string of the molecule is CC(=O)N(CCNC(=O)C1CCC1)C1CCCCCC1. The summed E-state index contributed by atoms with van der Waals surface area (Å²) in [5.74, 6) is 0.564. The number of amides is 2. The Hall–Kier alpha value is -1.06. The van der Waals surface area contributed by atoms with Gasteiger partial charge in [0.1, 0.15) is 0 Å². The minimum atomic E-state index is 0.148. The van der Waals surface area contributed by atoms with E-state index >= 15 is 0 Å². The molecule has 0 aromatic rings. The molecule has 0 aromatic heterocycles. The molecular formula is C16H28N2O2. The Morgan fingerprint density at radius 2 is 1.65 bits per heavy atom. The zero-order valence-electron chi connectivity index (χ0n) is 12.7. The predicted molar refractivity (Wildman–Crippen MR) is 79.2 cm³/mol. The Labute approximate surface area is 122 Å². The number of nitrogens with zero attached hydrogens (tertiary/aromatic N) is 1. The average molecular weight is 280 g/mol. The minimum Gasteiger partial charge on any atom is -0.354 e. The largest absolute Gasteiger partial charge is 0.354 e. The first kappa shape index (κ1) is 15.3. The molecule has 114 valence electrons. The normalized spacial score (nSPS) is 20.9. The summed E-state index contributed by atoms with van der Waals surface area (Å²) in [6.07, 6.45) is 10.5. The fourth-order valence-corrected chi connectivity index (χ4v) is 3.28. The van der Waals surface area contributed by atoms with Gasteiger partial charge in [0, 0.05) is 32.0 Å². The summed E-state index contributed by atoms with van der Waals surface area (Å²) >= 11 is 0. The molecule has 4 heteroatoms. The van der Waals surface area contributed by atoms with E-state index in [9.17, 15) is 9.59 Å². The highest BCUT2D eigenvalue weighted by molar-refractivity contribution is 5.79. The van der Waals surface area contributed by atoms with Crippen LogP contribution >= 0.6 is 0 Å². The summed E-state index contributed by atoms with van der Waals surface area (Å²) in [6, 6.07) is 0.385. The molecule has 0 unspecified atom stereocenters. The van der Waals surface area contributed by atoms with E-state index in [2.05, 4.69) is 5.32 Å². The topological polar surface area (TPSA) is 49.4 Å². The van der Waals surface area contributed by atoms with Crippen molar-refractivity contribution in [2.45, 2.75) is 70.8 Å². The predicted octanol–water partition coefficient (Wildman–Crippen LogP) is 2.47. The zero-order chi connectivity index (χ0) is 14.4. The van der Waals surface area contributed by atoms with E-state index in [1.54, 1.807) is 6.92 Å². The maximum absolute atomic E-state index is 11.8. The Morgan fingerprint density at radius 3 is 2.15 bits per heavy atom. The maximum Gasteiger partial charge on any atom is 0.223 e. The van der Waals surface area contributed by atoms with Gasteiger partial charge in [0.2, 0.25) is 11.8 Å². The van der Waals surface area contributed by atoms with Gasteiger partial charge in [-0.1, -0.05) is 32.1 Å². The molecule has 2 aliphatic rings. The number of rotatable bonds is 5. The summed E-state index contributed by atoms with van der Waals surface area (Å²) in [5, 5.41) is 2.99. The van der Waals surface area contributed by atoms with Gasteiger partial charge in [-0.3, -0.25) is 9.59 Å². The van der Waals surface area contributed by atoms with Gasteiger partial charge in [-0.05, 0) is 25.7 Å². The summed E-state index contributed by atoms with van der Waals surface area (Å²) < 4.78 is 0. The fourth-order valence-electron chi connectivity index (χ4n) is 3.28. The number of carbonyl (C=O) groups is 2. The van der Waals surface area contributed by atoms with Crippen LogP contribution in [-0.4, -0.2) is 35.8 Å². The molecule has 0 heterocycles. The molecule has 2 fully saturated rings. The Kier molecular flexibility index (Phi) is 5.86. The second-order valence-corrected chi connectivity index (χ2v) is 6.28. The summed E-state index contributed by atoms with van der Waals surface area (Å²) in [4.78, 5) is 25.6. The quantitative estimate of drug-likeness (QED) is 0.787. The molecule has 0 saturated heterocycles. The van der Waals surface area contributed by atoms with E-state index in [1.165, 1.54) is 32.1 Å². The van der Waals surface area contributed by atoms with Crippen LogP contribution in [0.4, 0.5) is 0 Å². The van der Waals surface area contributed by atoms with E-state index in [4.69, 9.17) is 0 Å². The van der Waals surface area contributed by atoms with Crippen LogP contribution in [0.2, 0.25) is 0 Å². The van der Waals surface area contributed by atoms with Crippen LogP contribution in [0.1, 0.15) is 64.7 Å². The molecule has 0 atom stereocenters. The van der Waals surface area contributed by atoms with Crippen molar-refractivity contribution in [3.63, 3.8) is 0 Å². The third kappa shape index (κ3) is 4.22. The first-order valence-corrected chi connectivity index (χ1v) is 8.23. The second-order valence-electron chi connectivity index (χ2n) is 6.28. The van der Waals surface area contributed by atoms with E-state index < -0.39 is 0 Å². The maximum atomic E-state index is 11.8. The van der Waals surface area contributed by atoms with Gasteiger partial charge < -0.3 is 10.2 Å². The molecule has 0 radical (unpaired) electrons. The molecule has 0 aromatic carbocycles. The molecular weight excluding hydrogens is 252 g/mol. The molecule has 4 nitrogen and oxygen atoms in total. The summed E-state index contributed by atoms with van der Waals surface area (Å²) in [5.41, 5.74) is 0. The van der Waals surface area contributed by atoms with Crippen molar-refractivity contribution in [1.29, 1.82) is 0 Å². The van der Waals surface area contributed by atoms with E-state index in [1.807, 2.05) is 4.90 Å². The summed E-state index contributed by atoms with van der Waals surface area (Å²) in [7, 11) is 0. The van der Waals surface area contributed by atoms with Gasteiger partial charge >= 0.3 is 0 Å². The van der Waals surface area contributed by atoms with Crippen molar-refractivity contribution in [1.82, 2.24) is 10.2 Å². The molecule has 1 N–H and O–H groups in total. The third-order valence-electron chi connectivity index (χ3n) is 4.80. The first-order chi connectivity index (χ1) is 9.68.